The second-order valence-electron chi connectivity index (χ2n) is 3.19. The van der Waals surface area contributed by atoms with Crippen molar-refractivity contribution in [2.24, 2.45) is 0 Å². The quantitative estimate of drug-likeness (QED) is 0.779. The van der Waals surface area contributed by atoms with Gasteiger partial charge in [-0.2, -0.15) is 0 Å². The van der Waals surface area contributed by atoms with E-state index >= 15 is 0 Å². The van der Waals surface area contributed by atoms with Crippen molar-refractivity contribution in [1.82, 2.24) is 14.8 Å². The molecule has 2 rings (SSSR count). The van der Waals surface area contributed by atoms with Gasteiger partial charge in [-0.15, -0.1) is 0 Å². The Balaban J connectivity index is 2.42. The lowest BCUT2D eigenvalue weighted by Gasteiger charge is -2.05. The van der Waals surface area contributed by atoms with Crippen molar-refractivity contribution in [2.75, 3.05) is 0 Å². The molecule has 0 spiro atoms. The smallest absolute Gasteiger partial charge is 0.265 e. The molecule has 0 aliphatic heterocycles. The molecule has 5 nitrogen and oxygen atoms in total. The summed E-state index contributed by atoms with van der Waals surface area (Å²) in [7, 11) is 0. The summed E-state index contributed by atoms with van der Waals surface area (Å²) in [5, 5.41) is 2.73. The Labute approximate surface area is 95.3 Å². The van der Waals surface area contributed by atoms with Crippen LogP contribution in [0, 0.1) is 0 Å². The SMILES string of the molecule is O=c1ccc(=O)n(Cc2cccnc2Cl)[nH]1. The van der Waals surface area contributed by atoms with Crippen molar-refractivity contribution in [1.29, 1.82) is 0 Å². The summed E-state index contributed by atoms with van der Waals surface area (Å²) in [4.78, 5) is 26.4. The zero-order valence-electron chi connectivity index (χ0n) is 8.18. The summed E-state index contributed by atoms with van der Waals surface area (Å²) in [6, 6.07) is 5.85. The molecular formula is C10H8ClN3O2. The highest BCUT2D eigenvalue weighted by molar-refractivity contribution is 6.30. The van der Waals surface area contributed by atoms with Gasteiger partial charge < -0.3 is 0 Å². The molecule has 0 amide bonds. The molecule has 0 aliphatic rings. The van der Waals surface area contributed by atoms with Crippen LogP contribution in [-0.4, -0.2) is 14.8 Å². The molecule has 0 aliphatic carbocycles. The number of pyridine rings is 1. The molecule has 1 N–H and O–H groups in total. The molecular weight excluding hydrogens is 230 g/mol. The van der Waals surface area contributed by atoms with Crippen LogP contribution in [0.5, 0.6) is 0 Å². The molecule has 0 atom stereocenters. The standard InChI is InChI=1S/C10H8ClN3O2/c11-10-7(2-1-5-12-10)6-14-9(16)4-3-8(15)13-14/h1-5H,6H2,(H,13,15). The van der Waals surface area contributed by atoms with Gasteiger partial charge in [0.2, 0.25) is 0 Å². The number of hydrogen-bond acceptors (Lipinski definition) is 3. The van der Waals surface area contributed by atoms with Crippen molar-refractivity contribution >= 4 is 11.6 Å². The van der Waals surface area contributed by atoms with Crippen molar-refractivity contribution in [3.63, 3.8) is 0 Å². The largest absolute Gasteiger partial charge is 0.268 e. The Kier molecular flexibility index (Phi) is 2.87. The van der Waals surface area contributed by atoms with E-state index in [4.69, 9.17) is 11.6 Å². The molecule has 16 heavy (non-hydrogen) atoms. The minimum atomic E-state index is -0.334. The first-order valence-corrected chi connectivity index (χ1v) is 4.94. The Morgan fingerprint density at radius 1 is 1.31 bits per heavy atom. The van der Waals surface area contributed by atoms with Gasteiger partial charge in [-0.1, -0.05) is 17.7 Å². The molecule has 0 saturated heterocycles. The van der Waals surface area contributed by atoms with E-state index < -0.39 is 0 Å². The number of H-pyrrole nitrogens is 1. The van der Waals surface area contributed by atoms with Crippen LogP contribution in [0.2, 0.25) is 5.15 Å². The molecule has 0 aromatic carbocycles. The van der Waals surface area contributed by atoms with Crippen LogP contribution in [0.1, 0.15) is 5.56 Å². The number of halogens is 1. The van der Waals surface area contributed by atoms with Crippen molar-refractivity contribution in [3.05, 3.63) is 61.9 Å². The van der Waals surface area contributed by atoms with Crippen LogP contribution in [0.4, 0.5) is 0 Å². The molecule has 0 unspecified atom stereocenters. The van der Waals surface area contributed by atoms with Gasteiger partial charge in [0.1, 0.15) is 5.15 Å². The predicted molar refractivity (Wildman–Crippen MR) is 59.7 cm³/mol. The number of nitrogens with zero attached hydrogens (tertiary/aromatic N) is 2. The fourth-order valence-corrected chi connectivity index (χ4v) is 1.47. The third-order valence-corrected chi connectivity index (χ3v) is 2.39. The van der Waals surface area contributed by atoms with Crippen molar-refractivity contribution in [3.8, 4) is 0 Å². The Hall–Kier alpha value is -1.88. The second-order valence-corrected chi connectivity index (χ2v) is 3.55. The number of hydrogen-bond donors (Lipinski definition) is 1. The highest BCUT2D eigenvalue weighted by Crippen LogP contribution is 2.11. The second kappa shape index (κ2) is 4.32. The van der Waals surface area contributed by atoms with Gasteiger partial charge in [0.25, 0.3) is 11.1 Å². The monoisotopic (exact) mass is 237 g/mol. The fraction of sp³-hybridized carbons (Fsp3) is 0.100. The average Bonchev–Trinajstić information content (AvgIpc) is 2.27. The topological polar surface area (TPSA) is 67.8 Å². The first-order valence-electron chi connectivity index (χ1n) is 4.56. The summed E-state index contributed by atoms with van der Waals surface area (Å²) in [6.45, 7) is 0.196. The van der Waals surface area contributed by atoms with Crippen LogP contribution in [0.15, 0.2) is 40.1 Å². The highest BCUT2D eigenvalue weighted by Gasteiger charge is 2.03. The lowest BCUT2D eigenvalue weighted by molar-refractivity contribution is 0.626. The van der Waals surface area contributed by atoms with E-state index in [0.717, 1.165) is 0 Å². The van der Waals surface area contributed by atoms with Gasteiger partial charge in [-0.25, -0.2) is 9.67 Å². The Morgan fingerprint density at radius 2 is 2.12 bits per heavy atom. The minimum Gasteiger partial charge on any atom is -0.268 e. The third kappa shape index (κ3) is 2.20. The van der Waals surface area contributed by atoms with Crippen LogP contribution < -0.4 is 11.1 Å². The number of rotatable bonds is 2. The Morgan fingerprint density at radius 3 is 2.88 bits per heavy atom. The van der Waals surface area contributed by atoms with Gasteiger partial charge in [0.15, 0.2) is 0 Å². The van der Waals surface area contributed by atoms with Gasteiger partial charge in [-0.3, -0.25) is 14.7 Å². The van der Waals surface area contributed by atoms with Crippen LogP contribution in [0.3, 0.4) is 0 Å². The number of aromatic amines is 1. The minimum absolute atomic E-state index is 0.196. The fourth-order valence-electron chi connectivity index (χ4n) is 1.29. The normalized spacial score (nSPS) is 10.3. The molecule has 82 valence electrons. The summed E-state index contributed by atoms with van der Waals surface area (Å²) in [5.41, 5.74) is 0.0484. The van der Waals surface area contributed by atoms with Gasteiger partial charge in [0.05, 0.1) is 6.54 Å². The number of nitrogens with one attached hydrogen (secondary N) is 1. The third-order valence-electron chi connectivity index (χ3n) is 2.05. The zero-order valence-corrected chi connectivity index (χ0v) is 8.94. The molecule has 0 fully saturated rings. The summed E-state index contributed by atoms with van der Waals surface area (Å²) < 4.78 is 1.19. The zero-order chi connectivity index (χ0) is 11.5. The van der Waals surface area contributed by atoms with Gasteiger partial charge >= 0.3 is 0 Å². The van der Waals surface area contributed by atoms with E-state index in [0.29, 0.717) is 10.7 Å². The molecule has 2 heterocycles. The molecule has 2 aromatic heterocycles. The van der Waals surface area contributed by atoms with Crippen molar-refractivity contribution < 1.29 is 0 Å². The molecule has 0 saturated carbocycles. The number of aromatic nitrogens is 3. The highest BCUT2D eigenvalue weighted by atomic mass is 35.5. The summed E-state index contributed by atoms with van der Waals surface area (Å²) >= 11 is 5.85. The van der Waals surface area contributed by atoms with E-state index in [-0.39, 0.29) is 17.7 Å². The summed E-state index contributed by atoms with van der Waals surface area (Å²) in [6.07, 6.45) is 1.56. The lowest BCUT2D eigenvalue weighted by Crippen LogP contribution is -2.28. The molecule has 0 bridgehead atoms. The maximum Gasteiger partial charge on any atom is 0.265 e. The Bertz CT molecular complexity index is 618. The van der Waals surface area contributed by atoms with E-state index in [1.807, 2.05) is 0 Å². The first-order chi connectivity index (χ1) is 7.66. The maximum absolute atomic E-state index is 11.4. The predicted octanol–water partition coefficient (Wildman–Crippen LogP) is 0.633. The van der Waals surface area contributed by atoms with Gasteiger partial charge in [0, 0.05) is 23.9 Å². The first kappa shape index (κ1) is 10.6. The van der Waals surface area contributed by atoms with Gasteiger partial charge in [-0.05, 0) is 6.07 Å². The van der Waals surface area contributed by atoms with E-state index in [1.54, 1.807) is 18.3 Å². The van der Waals surface area contributed by atoms with Crippen LogP contribution in [0.25, 0.3) is 0 Å². The van der Waals surface area contributed by atoms with E-state index in [2.05, 4.69) is 10.1 Å². The lowest BCUT2D eigenvalue weighted by atomic mass is 10.3. The van der Waals surface area contributed by atoms with Crippen molar-refractivity contribution in [2.45, 2.75) is 6.54 Å². The average molecular weight is 238 g/mol. The van der Waals surface area contributed by atoms with E-state index in [9.17, 15) is 9.59 Å². The molecule has 6 heteroatoms. The van der Waals surface area contributed by atoms with Crippen LogP contribution in [-0.2, 0) is 6.54 Å². The van der Waals surface area contributed by atoms with Crippen LogP contribution >= 0.6 is 11.6 Å². The molecule has 0 radical (unpaired) electrons. The molecule has 2 aromatic rings. The van der Waals surface area contributed by atoms with E-state index in [1.165, 1.54) is 16.8 Å². The maximum atomic E-state index is 11.4. The summed E-state index contributed by atoms with van der Waals surface area (Å²) in [5.74, 6) is 0.